The maximum absolute atomic E-state index is 12.5. The van der Waals surface area contributed by atoms with Gasteiger partial charge in [0, 0.05) is 22.3 Å². The van der Waals surface area contributed by atoms with Gasteiger partial charge in [-0.15, -0.1) is 0 Å². The lowest BCUT2D eigenvalue weighted by atomic mass is 10.0. The van der Waals surface area contributed by atoms with Crippen LogP contribution < -0.4 is 10.1 Å². The van der Waals surface area contributed by atoms with Gasteiger partial charge in [-0.25, -0.2) is 0 Å². The van der Waals surface area contributed by atoms with Gasteiger partial charge < -0.3 is 10.1 Å². The number of anilines is 1. The van der Waals surface area contributed by atoms with Crippen molar-refractivity contribution in [3.8, 4) is 5.75 Å². The Kier molecular flexibility index (Phi) is 5.76. The van der Waals surface area contributed by atoms with E-state index in [0.29, 0.717) is 27.6 Å². The molecule has 0 saturated heterocycles. The van der Waals surface area contributed by atoms with E-state index in [1.54, 1.807) is 86.9 Å². The summed E-state index contributed by atoms with van der Waals surface area (Å²) in [4.78, 5) is 29.0. The number of ketones is 1. The standard InChI is InChI=1S/C22H19ClN2O3/c1-22(2,21(27)25-18-4-3-13-24-14-18)28-19-11-7-16(8-12-19)20(26)15-5-9-17(23)10-6-15/h3-14H,1-2H3,(H,25,27). The van der Waals surface area contributed by atoms with Crippen LogP contribution >= 0.6 is 11.6 Å². The molecule has 1 aromatic heterocycles. The third-order valence-electron chi connectivity index (χ3n) is 4.06. The molecule has 0 unspecified atom stereocenters. The molecular formula is C22H19ClN2O3. The molecule has 1 heterocycles. The number of hydrogen-bond acceptors (Lipinski definition) is 4. The van der Waals surface area contributed by atoms with E-state index in [0.717, 1.165) is 0 Å². The smallest absolute Gasteiger partial charge is 0.268 e. The Balaban J connectivity index is 1.68. The third-order valence-corrected chi connectivity index (χ3v) is 4.31. The molecule has 28 heavy (non-hydrogen) atoms. The zero-order valence-corrected chi connectivity index (χ0v) is 16.2. The van der Waals surface area contributed by atoms with E-state index in [2.05, 4.69) is 10.3 Å². The second-order valence-corrected chi connectivity index (χ2v) is 7.11. The van der Waals surface area contributed by atoms with E-state index >= 15 is 0 Å². The Morgan fingerprint density at radius 1 is 0.964 bits per heavy atom. The van der Waals surface area contributed by atoms with Gasteiger partial charge in [-0.05, 0) is 74.5 Å². The average molecular weight is 395 g/mol. The Hall–Kier alpha value is -3.18. The summed E-state index contributed by atoms with van der Waals surface area (Å²) in [6.45, 7) is 3.34. The summed E-state index contributed by atoms with van der Waals surface area (Å²) in [6, 6.07) is 16.9. The Labute approximate surface area is 168 Å². The number of carbonyl (C=O) groups excluding carboxylic acids is 2. The number of carbonyl (C=O) groups is 2. The lowest BCUT2D eigenvalue weighted by Gasteiger charge is -2.25. The van der Waals surface area contributed by atoms with Crippen LogP contribution in [0.2, 0.25) is 5.02 Å². The highest BCUT2D eigenvalue weighted by Crippen LogP contribution is 2.22. The minimum atomic E-state index is -1.11. The van der Waals surface area contributed by atoms with Gasteiger partial charge in [0.2, 0.25) is 0 Å². The van der Waals surface area contributed by atoms with Crippen LogP contribution in [-0.2, 0) is 4.79 Å². The first kappa shape index (κ1) is 19.6. The molecule has 1 amide bonds. The van der Waals surface area contributed by atoms with Crippen molar-refractivity contribution in [3.63, 3.8) is 0 Å². The SMILES string of the molecule is CC(C)(Oc1ccc(C(=O)c2ccc(Cl)cc2)cc1)C(=O)Nc1cccnc1. The largest absolute Gasteiger partial charge is 0.478 e. The van der Waals surface area contributed by atoms with Crippen molar-refractivity contribution in [2.24, 2.45) is 0 Å². The van der Waals surface area contributed by atoms with Crippen molar-refractivity contribution in [3.05, 3.63) is 89.2 Å². The number of amides is 1. The fourth-order valence-electron chi connectivity index (χ4n) is 2.50. The zero-order valence-electron chi connectivity index (χ0n) is 15.5. The van der Waals surface area contributed by atoms with Crippen molar-refractivity contribution in [2.75, 3.05) is 5.32 Å². The normalized spacial score (nSPS) is 11.0. The monoisotopic (exact) mass is 394 g/mol. The molecule has 0 saturated carbocycles. The molecule has 0 radical (unpaired) electrons. The summed E-state index contributed by atoms with van der Waals surface area (Å²) in [5.74, 6) is 0.0672. The summed E-state index contributed by atoms with van der Waals surface area (Å²) in [7, 11) is 0. The van der Waals surface area contributed by atoms with Gasteiger partial charge >= 0.3 is 0 Å². The lowest BCUT2D eigenvalue weighted by Crippen LogP contribution is -2.42. The summed E-state index contributed by atoms with van der Waals surface area (Å²) >= 11 is 5.86. The first-order valence-corrected chi connectivity index (χ1v) is 9.04. The first-order chi connectivity index (χ1) is 13.3. The van der Waals surface area contributed by atoms with Crippen molar-refractivity contribution >= 4 is 29.0 Å². The highest BCUT2D eigenvalue weighted by molar-refractivity contribution is 6.30. The Bertz CT molecular complexity index is 969. The molecule has 1 N–H and O–H groups in total. The highest BCUT2D eigenvalue weighted by Gasteiger charge is 2.30. The van der Waals surface area contributed by atoms with Gasteiger partial charge in [-0.2, -0.15) is 0 Å². The van der Waals surface area contributed by atoms with Crippen molar-refractivity contribution in [1.29, 1.82) is 0 Å². The number of pyridine rings is 1. The molecule has 0 fully saturated rings. The van der Waals surface area contributed by atoms with Gasteiger partial charge in [0.05, 0.1) is 11.9 Å². The molecule has 2 aromatic carbocycles. The van der Waals surface area contributed by atoms with Gasteiger partial charge in [0.15, 0.2) is 11.4 Å². The molecule has 0 aliphatic rings. The number of halogens is 1. The molecule has 0 aliphatic heterocycles. The number of hydrogen-bond donors (Lipinski definition) is 1. The van der Waals surface area contributed by atoms with Crippen molar-refractivity contribution < 1.29 is 14.3 Å². The quantitative estimate of drug-likeness (QED) is 0.612. The third kappa shape index (κ3) is 4.75. The van der Waals surface area contributed by atoms with Gasteiger partial charge in [0.1, 0.15) is 5.75 Å². The number of aromatic nitrogens is 1. The van der Waals surface area contributed by atoms with E-state index in [1.165, 1.54) is 0 Å². The van der Waals surface area contributed by atoms with Crippen LogP contribution in [0, 0.1) is 0 Å². The van der Waals surface area contributed by atoms with Crippen molar-refractivity contribution in [1.82, 2.24) is 4.98 Å². The van der Waals surface area contributed by atoms with Gasteiger partial charge in [-0.3, -0.25) is 14.6 Å². The lowest BCUT2D eigenvalue weighted by molar-refractivity contribution is -0.128. The van der Waals surface area contributed by atoms with Crippen LogP contribution in [0.5, 0.6) is 5.75 Å². The molecule has 0 spiro atoms. The molecule has 0 bridgehead atoms. The van der Waals surface area contributed by atoms with E-state index in [9.17, 15) is 9.59 Å². The van der Waals surface area contributed by atoms with E-state index < -0.39 is 5.60 Å². The van der Waals surface area contributed by atoms with Crippen LogP contribution in [0.15, 0.2) is 73.1 Å². The Morgan fingerprint density at radius 2 is 1.57 bits per heavy atom. The van der Waals surface area contributed by atoms with E-state index in [-0.39, 0.29) is 11.7 Å². The summed E-state index contributed by atoms with van der Waals surface area (Å²) in [5, 5.41) is 3.34. The maximum atomic E-state index is 12.5. The number of benzene rings is 2. The first-order valence-electron chi connectivity index (χ1n) is 8.66. The summed E-state index contributed by atoms with van der Waals surface area (Å²) in [5.41, 5.74) is 0.548. The molecule has 0 aliphatic carbocycles. The number of rotatable bonds is 6. The molecule has 3 rings (SSSR count). The molecule has 6 heteroatoms. The number of nitrogens with zero attached hydrogens (tertiary/aromatic N) is 1. The van der Waals surface area contributed by atoms with Gasteiger partial charge in [0.25, 0.3) is 5.91 Å². The second-order valence-electron chi connectivity index (χ2n) is 6.67. The predicted molar refractivity (Wildman–Crippen MR) is 109 cm³/mol. The molecule has 5 nitrogen and oxygen atoms in total. The minimum Gasteiger partial charge on any atom is -0.478 e. The molecular weight excluding hydrogens is 376 g/mol. The zero-order chi connectivity index (χ0) is 20.1. The molecule has 0 atom stereocenters. The van der Waals surface area contributed by atoms with E-state index in [4.69, 9.17) is 16.3 Å². The number of ether oxygens (including phenoxy) is 1. The maximum Gasteiger partial charge on any atom is 0.268 e. The van der Waals surface area contributed by atoms with Crippen LogP contribution in [0.4, 0.5) is 5.69 Å². The highest BCUT2D eigenvalue weighted by atomic mass is 35.5. The van der Waals surface area contributed by atoms with E-state index in [1.807, 2.05) is 0 Å². The van der Waals surface area contributed by atoms with Crippen LogP contribution in [0.1, 0.15) is 29.8 Å². The fourth-order valence-corrected chi connectivity index (χ4v) is 2.63. The minimum absolute atomic E-state index is 0.114. The predicted octanol–water partition coefficient (Wildman–Crippen LogP) is 4.76. The Morgan fingerprint density at radius 3 is 2.14 bits per heavy atom. The average Bonchev–Trinajstić information content (AvgIpc) is 2.69. The molecule has 3 aromatic rings. The van der Waals surface area contributed by atoms with Crippen LogP contribution in [0.25, 0.3) is 0 Å². The number of nitrogens with one attached hydrogen (secondary N) is 1. The van der Waals surface area contributed by atoms with Gasteiger partial charge in [-0.1, -0.05) is 11.6 Å². The van der Waals surface area contributed by atoms with Crippen LogP contribution in [0.3, 0.4) is 0 Å². The summed E-state index contributed by atoms with van der Waals surface area (Å²) in [6.07, 6.45) is 3.19. The van der Waals surface area contributed by atoms with Crippen molar-refractivity contribution in [2.45, 2.75) is 19.4 Å². The second kappa shape index (κ2) is 8.23. The molecule has 142 valence electrons. The van der Waals surface area contributed by atoms with Crippen LogP contribution in [-0.4, -0.2) is 22.3 Å². The summed E-state index contributed by atoms with van der Waals surface area (Å²) < 4.78 is 5.83. The fraction of sp³-hybridized carbons (Fsp3) is 0.136. The topological polar surface area (TPSA) is 68.3 Å².